The van der Waals surface area contributed by atoms with Gasteiger partial charge in [0.05, 0.1) is 5.69 Å². The molecule has 1 aliphatic rings. The van der Waals surface area contributed by atoms with E-state index in [1.54, 1.807) is 12.1 Å². The highest BCUT2D eigenvalue weighted by Gasteiger charge is 2.23. The minimum Gasteiger partial charge on any atom is -0.508 e. The van der Waals surface area contributed by atoms with Crippen molar-refractivity contribution >= 4 is 22.4 Å². The second-order valence-corrected chi connectivity index (χ2v) is 6.21. The van der Waals surface area contributed by atoms with Crippen molar-refractivity contribution in [3.8, 4) is 17.0 Å². The van der Waals surface area contributed by atoms with Crippen LogP contribution in [0.1, 0.15) is 20.8 Å². The van der Waals surface area contributed by atoms with Gasteiger partial charge >= 0.3 is 0 Å². The van der Waals surface area contributed by atoms with E-state index in [9.17, 15) is 9.90 Å². The molecule has 2 N–H and O–H groups in total. The molecule has 4 nitrogen and oxygen atoms in total. The van der Waals surface area contributed by atoms with Crippen LogP contribution >= 0.6 is 11.3 Å². The van der Waals surface area contributed by atoms with Crippen LogP contribution in [-0.2, 0) is 6.42 Å². The number of anilines is 1. The number of aromatic hydroxyl groups is 1. The van der Waals surface area contributed by atoms with E-state index >= 15 is 0 Å². The third-order valence-electron chi connectivity index (χ3n) is 3.65. The van der Waals surface area contributed by atoms with Crippen molar-refractivity contribution in [2.75, 3.05) is 5.32 Å². The number of phenolic OH excluding ortho intramolecular Hbond substituents is 1. The molecule has 0 saturated heterocycles. The van der Waals surface area contributed by atoms with Crippen LogP contribution in [0.4, 0.5) is 5.13 Å². The second-order valence-electron chi connectivity index (χ2n) is 5.13. The number of aromatic nitrogens is 1. The quantitative estimate of drug-likeness (QED) is 0.594. The number of carbonyl (C=O) groups excluding carboxylic acids is 1. The van der Waals surface area contributed by atoms with Gasteiger partial charge in [0.15, 0.2) is 5.13 Å². The van der Waals surface area contributed by atoms with Gasteiger partial charge in [0.1, 0.15) is 5.75 Å². The van der Waals surface area contributed by atoms with Gasteiger partial charge in [-0.25, -0.2) is 4.98 Å². The average molecular weight is 308 g/mol. The molecular weight excluding hydrogens is 296 g/mol. The number of nitrogens with one attached hydrogen (secondary N) is 1. The summed E-state index contributed by atoms with van der Waals surface area (Å²) in [4.78, 5) is 17.9. The molecule has 1 aromatic heterocycles. The van der Waals surface area contributed by atoms with E-state index in [2.05, 4.69) is 22.4 Å². The molecule has 0 aliphatic heterocycles. The summed E-state index contributed by atoms with van der Waals surface area (Å²) < 4.78 is 0. The highest BCUT2D eigenvalue weighted by molar-refractivity contribution is 7.16. The zero-order chi connectivity index (χ0) is 15.1. The standard InChI is InChI=1S/C17H12N2O2S/c20-12-6-3-5-11(8-12)16(21)19-17-18-15-13-7-2-1-4-10(13)9-14(15)22-17/h1-8,20H,9H2,(H,18,19,21). The molecule has 0 fully saturated rings. The van der Waals surface area contributed by atoms with E-state index in [4.69, 9.17) is 0 Å². The van der Waals surface area contributed by atoms with Gasteiger partial charge in [-0.2, -0.15) is 0 Å². The predicted molar refractivity (Wildman–Crippen MR) is 86.4 cm³/mol. The van der Waals surface area contributed by atoms with Gasteiger partial charge in [-0.15, -0.1) is 11.3 Å². The fraction of sp³-hybridized carbons (Fsp3) is 0.0588. The summed E-state index contributed by atoms with van der Waals surface area (Å²) >= 11 is 1.50. The summed E-state index contributed by atoms with van der Waals surface area (Å²) in [5.41, 5.74) is 3.80. The van der Waals surface area contributed by atoms with Crippen LogP contribution in [0.5, 0.6) is 5.75 Å². The molecule has 0 atom stereocenters. The SMILES string of the molecule is O=C(Nc1nc2c(s1)Cc1ccccc1-2)c1cccc(O)c1. The maximum absolute atomic E-state index is 12.2. The van der Waals surface area contributed by atoms with Crippen molar-refractivity contribution in [3.05, 3.63) is 64.5 Å². The highest BCUT2D eigenvalue weighted by Crippen LogP contribution is 2.40. The van der Waals surface area contributed by atoms with Gasteiger partial charge in [-0.05, 0) is 23.8 Å². The van der Waals surface area contributed by atoms with Crippen LogP contribution in [0.2, 0.25) is 0 Å². The van der Waals surface area contributed by atoms with Gasteiger partial charge in [0.25, 0.3) is 5.91 Å². The maximum Gasteiger partial charge on any atom is 0.257 e. The van der Waals surface area contributed by atoms with Crippen LogP contribution in [0.15, 0.2) is 48.5 Å². The van der Waals surface area contributed by atoms with E-state index in [0.717, 1.165) is 17.7 Å². The molecule has 1 aliphatic carbocycles. The number of hydrogen-bond donors (Lipinski definition) is 2. The molecule has 1 heterocycles. The average Bonchev–Trinajstić information content (AvgIpc) is 3.04. The molecule has 0 unspecified atom stereocenters. The number of rotatable bonds is 2. The Morgan fingerprint density at radius 3 is 2.91 bits per heavy atom. The fourth-order valence-electron chi connectivity index (χ4n) is 2.63. The molecule has 108 valence electrons. The van der Waals surface area contributed by atoms with E-state index < -0.39 is 0 Å². The lowest BCUT2D eigenvalue weighted by Crippen LogP contribution is -2.11. The van der Waals surface area contributed by atoms with Gasteiger partial charge in [-0.1, -0.05) is 30.3 Å². The topological polar surface area (TPSA) is 62.2 Å². The normalized spacial score (nSPS) is 11.8. The number of nitrogens with zero attached hydrogens (tertiary/aromatic N) is 1. The number of carbonyl (C=O) groups is 1. The molecule has 0 bridgehead atoms. The van der Waals surface area contributed by atoms with Gasteiger partial charge < -0.3 is 5.11 Å². The zero-order valence-corrected chi connectivity index (χ0v) is 12.4. The van der Waals surface area contributed by atoms with Crippen molar-refractivity contribution in [3.63, 3.8) is 0 Å². The van der Waals surface area contributed by atoms with Crippen molar-refractivity contribution in [1.82, 2.24) is 4.98 Å². The summed E-state index contributed by atoms with van der Waals surface area (Å²) in [6.07, 6.45) is 0.866. The first kappa shape index (κ1) is 13.0. The Kier molecular flexibility index (Phi) is 2.94. The van der Waals surface area contributed by atoms with Crippen LogP contribution in [0.3, 0.4) is 0 Å². The number of thiazole rings is 1. The zero-order valence-electron chi connectivity index (χ0n) is 11.5. The lowest BCUT2D eigenvalue weighted by atomic mass is 10.1. The third-order valence-corrected chi connectivity index (χ3v) is 4.62. The Hall–Kier alpha value is -2.66. The maximum atomic E-state index is 12.2. The van der Waals surface area contributed by atoms with E-state index in [1.807, 2.05) is 12.1 Å². The largest absolute Gasteiger partial charge is 0.508 e. The van der Waals surface area contributed by atoms with E-state index in [-0.39, 0.29) is 11.7 Å². The minimum atomic E-state index is -0.267. The summed E-state index contributed by atoms with van der Waals surface area (Å²) in [5, 5.41) is 12.8. The number of benzene rings is 2. The van der Waals surface area contributed by atoms with Crippen LogP contribution in [0, 0.1) is 0 Å². The van der Waals surface area contributed by atoms with E-state index in [0.29, 0.717) is 10.7 Å². The summed E-state index contributed by atoms with van der Waals surface area (Å²) in [6, 6.07) is 14.5. The molecule has 0 radical (unpaired) electrons. The molecule has 3 aromatic rings. The molecule has 2 aromatic carbocycles. The number of hydrogen-bond acceptors (Lipinski definition) is 4. The molecule has 22 heavy (non-hydrogen) atoms. The second kappa shape index (κ2) is 4.96. The monoisotopic (exact) mass is 308 g/mol. The highest BCUT2D eigenvalue weighted by atomic mass is 32.1. The Balaban J connectivity index is 1.61. The summed E-state index contributed by atoms with van der Waals surface area (Å²) in [5.74, 6) is -0.195. The Morgan fingerprint density at radius 1 is 1.18 bits per heavy atom. The summed E-state index contributed by atoms with van der Waals surface area (Å²) in [7, 11) is 0. The molecule has 0 saturated carbocycles. The van der Waals surface area contributed by atoms with Gasteiger partial charge in [0.2, 0.25) is 0 Å². The van der Waals surface area contributed by atoms with Crippen molar-refractivity contribution < 1.29 is 9.90 Å². The minimum absolute atomic E-state index is 0.0724. The molecular formula is C17H12N2O2S. The van der Waals surface area contributed by atoms with Crippen molar-refractivity contribution in [2.45, 2.75) is 6.42 Å². The lowest BCUT2D eigenvalue weighted by Gasteiger charge is -2.02. The predicted octanol–water partition coefficient (Wildman–Crippen LogP) is 3.67. The smallest absolute Gasteiger partial charge is 0.257 e. The number of phenols is 1. The molecule has 0 spiro atoms. The first-order valence-corrected chi connectivity index (χ1v) is 7.71. The van der Waals surface area contributed by atoms with E-state index in [1.165, 1.54) is 33.9 Å². The van der Waals surface area contributed by atoms with Crippen LogP contribution in [-0.4, -0.2) is 16.0 Å². The Bertz CT molecular complexity index is 886. The summed E-state index contributed by atoms with van der Waals surface area (Å²) in [6.45, 7) is 0. The third kappa shape index (κ3) is 2.16. The Labute approximate surface area is 131 Å². The van der Waals surface area contributed by atoms with Crippen molar-refractivity contribution in [2.24, 2.45) is 0 Å². The first-order valence-electron chi connectivity index (χ1n) is 6.89. The van der Waals surface area contributed by atoms with Crippen molar-refractivity contribution in [1.29, 1.82) is 0 Å². The first-order chi connectivity index (χ1) is 10.7. The molecule has 4 rings (SSSR count). The fourth-order valence-corrected chi connectivity index (χ4v) is 3.62. The van der Waals surface area contributed by atoms with Gasteiger partial charge in [-0.3, -0.25) is 10.1 Å². The number of fused-ring (bicyclic) bond motifs is 3. The Morgan fingerprint density at radius 2 is 2.05 bits per heavy atom. The molecule has 5 heteroatoms. The number of amides is 1. The van der Waals surface area contributed by atoms with Gasteiger partial charge in [0, 0.05) is 22.4 Å². The van der Waals surface area contributed by atoms with Crippen LogP contribution in [0.25, 0.3) is 11.3 Å². The lowest BCUT2D eigenvalue weighted by molar-refractivity contribution is 0.102. The van der Waals surface area contributed by atoms with Crippen LogP contribution < -0.4 is 5.32 Å². The molecule has 1 amide bonds.